The van der Waals surface area contributed by atoms with E-state index in [1.807, 2.05) is 42.5 Å². The molecule has 23 heavy (non-hydrogen) atoms. The number of hydrogen-bond acceptors (Lipinski definition) is 4. The van der Waals surface area contributed by atoms with E-state index in [1.54, 1.807) is 32.7 Å². The molecule has 126 valence electrons. The summed E-state index contributed by atoms with van der Waals surface area (Å²) in [5.41, 5.74) is 12.6. The average Bonchev–Trinajstić information content (AvgIpc) is 2.41. The minimum Gasteiger partial charge on any atom is -0.398 e. The molecule has 4 nitrogen and oxygen atoms in total. The molecule has 0 aromatic heterocycles. The van der Waals surface area contributed by atoms with Crippen LogP contribution in [0.1, 0.15) is 0 Å². The highest BCUT2D eigenvalue weighted by Crippen LogP contribution is 2.36. The lowest BCUT2D eigenvalue weighted by atomic mass is 10.3. The Kier molecular flexibility index (Phi) is 10.4. The summed E-state index contributed by atoms with van der Waals surface area (Å²) in [6.45, 7) is 6.79. The number of nitrogens with two attached hydrogens (primary N) is 2. The summed E-state index contributed by atoms with van der Waals surface area (Å²) in [4.78, 5) is 0. The van der Waals surface area contributed by atoms with E-state index < -0.39 is 14.9 Å². The van der Waals surface area contributed by atoms with Crippen molar-refractivity contribution >= 4 is 54.2 Å². The summed E-state index contributed by atoms with van der Waals surface area (Å²) in [5.74, 6) is 0. The molecule has 4 N–H and O–H groups in total. The second-order valence-corrected chi connectivity index (χ2v) is 11.2. The van der Waals surface area contributed by atoms with Crippen LogP contribution in [0.15, 0.2) is 48.5 Å². The molecule has 0 bridgehead atoms. The van der Waals surface area contributed by atoms with Crippen LogP contribution >= 0.6 is 37.5 Å². The summed E-state index contributed by atoms with van der Waals surface area (Å²) < 4.78 is 22.3. The number of benzene rings is 2. The van der Waals surface area contributed by atoms with Gasteiger partial charge in [-0.15, -0.1) is 0 Å². The second-order valence-electron chi connectivity index (χ2n) is 5.24. The molecule has 0 heterocycles. The van der Waals surface area contributed by atoms with E-state index in [1.165, 1.54) is 0 Å². The second kappa shape index (κ2) is 10.8. The van der Waals surface area contributed by atoms with Gasteiger partial charge in [0.2, 0.25) is 0 Å². The molecule has 0 fully saturated rings. The molecule has 0 saturated carbocycles. The maximum Gasteiger partial charge on any atom is 0.332 e. The van der Waals surface area contributed by atoms with Crippen molar-refractivity contribution in [3.8, 4) is 0 Å². The molecule has 0 saturated heterocycles. The number of nitrogen functional groups attached to an aromatic ring is 2. The molecular weight excluding hydrogens is 441 g/mol. The fraction of sp³-hybridized carbons (Fsp3) is 0.250. The van der Waals surface area contributed by atoms with Gasteiger partial charge < -0.3 is 16.0 Å². The van der Waals surface area contributed by atoms with Crippen LogP contribution in [0, 0.1) is 3.57 Å². The first kappa shape index (κ1) is 22.1. The van der Waals surface area contributed by atoms with E-state index in [0.717, 1.165) is 14.6 Å². The van der Waals surface area contributed by atoms with Crippen LogP contribution in [-0.2, 0) is 9.13 Å². The van der Waals surface area contributed by atoms with Crippen LogP contribution in [0.4, 0.5) is 11.4 Å². The molecule has 0 atom stereocenters. The molecule has 2 aromatic rings. The van der Waals surface area contributed by atoms with Gasteiger partial charge in [-0.3, -0.25) is 0 Å². The van der Waals surface area contributed by atoms with Gasteiger partial charge in [0, 0.05) is 20.2 Å². The number of para-hydroxylation sites is 2. The van der Waals surface area contributed by atoms with Crippen molar-refractivity contribution in [3.63, 3.8) is 0 Å². The molecule has 2 rings (SSSR count). The van der Waals surface area contributed by atoms with Crippen molar-refractivity contribution in [2.45, 2.75) is 0 Å². The Labute approximate surface area is 153 Å². The molecule has 0 spiro atoms. The minimum absolute atomic E-state index is 0.626. The Hall–Kier alpha value is -0.900. The summed E-state index contributed by atoms with van der Waals surface area (Å²) >= 11 is 2.20. The van der Waals surface area contributed by atoms with Crippen LogP contribution in [0.2, 0.25) is 0 Å². The van der Waals surface area contributed by atoms with Gasteiger partial charge in [-0.1, -0.05) is 28.8 Å². The zero-order valence-corrected chi connectivity index (χ0v) is 17.8. The zero-order chi connectivity index (χ0) is 18.0. The maximum atomic E-state index is 11.6. The Morgan fingerprint density at radius 3 is 1.57 bits per heavy atom. The molecule has 0 aliphatic rings. The van der Waals surface area contributed by atoms with Gasteiger partial charge in [-0.05, 0) is 60.2 Å². The molecule has 7 heteroatoms. The van der Waals surface area contributed by atoms with E-state index in [9.17, 15) is 9.13 Å². The van der Waals surface area contributed by atoms with E-state index in [4.69, 9.17) is 11.5 Å². The Bertz CT molecular complexity index is 662. The molecular formula is C16H24IN2O2P2+. The molecule has 2 aromatic carbocycles. The van der Waals surface area contributed by atoms with Gasteiger partial charge >= 0.3 is 7.80 Å². The van der Waals surface area contributed by atoms with Crippen molar-refractivity contribution in [3.05, 3.63) is 52.1 Å². The largest absolute Gasteiger partial charge is 0.398 e. The van der Waals surface area contributed by atoms with E-state index >= 15 is 0 Å². The first-order valence-electron chi connectivity index (χ1n) is 6.80. The van der Waals surface area contributed by atoms with E-state index in [-0.39, 0.29) is 0 Å². The number of anilines is 2. The third kappa shape index (κ3) is 10.5. The third-order valence-electron chi connectivity index (χ3n) is 2.42. The highest BCUT2D eigenvalue weighted by atomic mass is 127. The van der Waals surface area contributed by atoms with Gasteiger partial charge in [-0.2, -0.15) is 0 Å². The molecule has 0 radical (unpaired) electrons. The SMILES string of the molecule is CP(C)(=O)c1ccccc1N.C[P+](C)=O.Nc1ccccc1I. The van der Waals surface area contributed by atoms with E-state index in [0.29, 0.717) is 5.69 Å². The highest BCUT2D eigenvalue weighted by molar-refractivity contribution is 14.1. The van der Waals surface area contributed by atoms with E-state index in [2.05, 4.69) is 22.6 Å². The van der Waals surface area contributed by atoms with Crippen molar-refractivity contribution in [1.82, 2.24) is 0 Å². The van der Waals surface area contributed by atoms with Crippen LogP contribution in [0.25, 0.3) is 0 Å². The number of halogens is 1. The van der Waals surface area contributed by atoms with Crippen molar-refractivity contribution in [2.24, 2.45) is 0 Å². The summed E-state index contributed by atoms with van der Waals surface area (Å²) in [6, 6.07) is 15.1. The summed E-state index contributed by atoms with van der Waals surface area (Å²) in [6.07, 6.45) is 0. The predicted molar refractivity (Wildman–Crippen MR) is 113 cm³/mol. The maximum absolute atomic E-state index is 11.6. The van der Waals surface area contributed by atoms with Gasteiger partial charge in [0.05, 0.1) is 0 Å². The van der Waals surface area contributed by atoms with Gasteiger partial charge in [0.25, 0.3) is 0 Å². The van der Waals surface area contributed by atoms with Crippen LogP contribution in [0.3, 0.4) is 0 Å². The summed E-state index contributed by atoms with van der Waals surface area (Å²) in [7, 11) is -3.05. The number of hydrogen-bond donors (Lipinski definition) is 2. The Morgan fingerprint density at radius 2 is 1.30 bits per heavy atom. The standard InChI is InChI=1S/C8H12NOP.C6H6IN.C2H6OP/c1-11(2,10)8-6-4-3-5-7(8)9;7-5-3-1-2-4-6(5)8;1-4(2)3/h3-6H,9H2,1-2H3;1-4H,8H2;1-2H3/q;;+1. The lowest BCUT2D eigenvalue weighted by molar-refractivity contribution is 0.588. The van der Waals surface area contributed by atoms with Crippen molar-refractivity contribution in [2.75, 3.05) is 38.1 Å². The highest BCUT2D eigenvalue weighted by Gasteiger charge is 2.12. The normalized spacial score (nSPS) is 9.78. The summed E-state index contributed by atoms with van der Waals surface area (Å²) in [5, 5.41) is 0.778. The fourth-order valence-electron chi connectivity index (χ4n) is 1.45. The Balaban J connectivity index is 0.000000354. The lowest BCUT2D eigenvalue weighted by Crippen LogP contribution is -2.08. The van der Waals surface area contributed by atoms with Gasteiger partial charge in [0.1, 0.15) is 20.5 Å². The smallest absolute Gasteiger partial charge is 0.332 e. The van der Waals surface area contributed by atoms with Crippen LogP contribution < -0.4 is 16.8 Å². The molecule has 0 amide bonds. The van der Waals surface area contributed by atoms with Gasteiger partial charge in [0.15, 0.2) is 0 Å². The van der Waals surface area contributed by atoms with Crippen LogP contribution in [-0.4, -0.2) is 26.7 Å². The lowest BCUT2D eigenvalue weighted by Gasteiger charge is -2.08. The number of rotatable bonds is 1. The van der Waals surface area contributed by atoms with Crippen LogP contribution in [0.5, 0.6) is 0 Å². The quantitative estimate of drug-likeness (QED) is 0.370. The topological polar surface area (TPSA) is 86.2 Å². The Morgan fingerprint density at radius 1 is 0.913 bits per heavy atom. The zero-order valence-electron chi connectivity index (χ0n) is 13.9. The van der Waals surface area contributed by atoms with Crippen molar-refractivity contribution < 1.29 is 9.13 Å². The first-order chi connectivity index (χ1) is 10.6. The van der Waals surface area contributed by atoms with Gasteiger partial charge in [-0.25, -0.2) is 0 Å². The molecule has 0 aliphatic carbocycles. The minimum atomic E-state index is -2.18. The molecule has 0 aliphatic heterocycles. The van der Waals surface area contributed by atoms with Crippen molar-refractivity contribution in [1.29, 1.82) is 0 Å². The molecule has 0 unspecified atom stereocenters. The first-order valence-corrected chi connectivity index (χ1v) is 12.6. The average molecular weight is 465 g/mol. The predicted octanol–water partition coefficient (Wildman–Crippen LogP) is 4.46. The third-order valence-corrected chi connectivity index (χ3v) is 4.97. The fourth-order valence-corrected chi connectivity index (χ4v) is 2.98. The monoisotopic (exact) mass is 465 g/mol.